The number of ether oxygens (including phenoxy) is 1. The van der Waals surface area contributed by atoms with Gasteiger partial charge in [0.25, 0.3) is 0 Å². The molecule has 0 aromatic rings. The second kappa shape index (κ2) is 9.64. The highest BCUT2D eigenvalue weighted by Crippen LogP contribution is 2.12. The number of alkyl halides is 1. The average Bonchev–Trinajstić information content (AvgIpc) is 2.28. The summed E-state index contributed by atoms with van der Waals surface area (Å²) < 4.78 is 4.52. The van der Waals surface area contributed by atoms with Gasteiger partial charge >= 0.3 is 5.97 Å². The molecule has 0 aliphatic rings. The molecule has 0 aliphatic carbocycles. The highest BCUT2D eigenvalue weighted by atomic mass is 79.9. The molecule has 0 N–H and O–H groups in total. The number of hydrogen-bond acceptors (Lipinski definition) is 2. The predicted molar refractivity (Wildman–Crippen MR) is 71.7 cm³/mol. The number of rotatable bonds is 7. The van der Waals surface area contributed by atoms with E-state index in [1.807, 2.05) is 6.08 Å². The quantitative estimate of drug-likeness (QED) is 0.308. The van der Waals surface area contributed by atoms with Crippen molar-refractivity contribution in [2.45, 2.75) is 33.1 Å². The summed E-state index contributed by atoms with van der Waals surface area (Å²) in [4.78, 5) is 10.8. The van der Waals surface area contributed by atoms with Crippen molar-refractivity contribution >= 4 is 21.9 Å². The van der Waals surface area contributed by atoms with Crippen molar-refractivity contribution in [3.63, 3.8) is 0 Å². The third-order valence-electron chi connectivity index (χ3n) is 2.36. The fraction of sp³-hybridized carbons (Fsp3) is 0.615. The van der Waals surface area contributed by atoms with Gasteiger partial charge in [-0.15, -0.1) is 0 Å². The minimum Gasteiger partial charge on any atom is -0.466 e. The van der Waals surface area contributed by atoms with Gasteiger partial charge in [-0.2, -0.15) is 0 Å². The predicted octanol–water partition coefficient (Wildman–Crippen LogP) is 3.86. The maximum absolute atomic E-state index is 10.8. The van der Waals surface area contributed by atoms with Gasteiger partial charge in [0, 0.05) is 11.4 Å². The van der Waals surface area contributed by atoms with Crippen LogP contribution in [0.5, 0.6) is 0 Å². The van der Waals surface area contributed by atoms with Crippen LogP contribution >= 0.6 is 15.9 Å². The monoisotopic (exact) mass is 288 g/mol. The molecule has 0 aromatic heterocycles. The lowest BCUT2D eigenvalue weighted by Crippen LogP contribution is -1.96. The number of halogens is 1. The van der Waals surface area contributed by atoms with Gasteiger partial charge in [0.2, 0.25) is 0 Å². The second-order valence-corrected chi connectivity index (χ2v) is 4.59. The Morgan fingerprint density at radius 1 is 1.50 bits per heavy atom. The van der Waals surface area contributed by atoms with E-state index < -0.39 is 0 Å². The molecule has 0 heterocycles. The van der Waals surface area contributed by atoms with Gasteiger partial charge in [-0.3, -0.25) is 0 Å². The number of methoxy groups -OCH3 is 1. The Bertz CT molecular complexity index is 257. The van der Waals surface area contributed by atoms with Crippen molar-refractivity contribution in [3.05, 3.63) is 23.8 Å². The first-order valence-electron chi connectivity index (χ1n) is 5.56. The van der Waals surface area contributed by atoms with Crippen molar-refractivity contribution in [3.8, 4) is 0 Å². The Morgan fingerprint density at radius 3 is 2.75 bits per heavy atom. The molecule has 1 unspecified atom stereocenters. The summed E-state index contributed by atoms with van der Waals surface area (Å²) in [5.74, 6) is 0.322. The molecule has 92 valence electrons. The molecular weight excluding hydrogens is 268 g/mol. The molecule has 0 bridgehead atoms. The summed E-state index contributed by atoms with van der Waals surface area (Å²) >= 11 is 3.42. The standard InChI is InChI=1S/C13H21BrO2/c1-11(6-4-8-12(2)10-14)7-5-9-13(15)16-3/h5,8-9,11H,4,6-7,10H2,1-3H3/b9-5+,12-8+. The van der Waals surface area contributed by atoms with E-state index >= 15 is 0 Å². The summed E-state index contributed by atoms with van der Waals surface area (Å²) in [5, 5.41) is 0.948. The molecule has 3 heteroatoms. The van der Waals surface area contributed by atoms with Gasteiger partial charge in [0.15, 0.2) is 0 Å². The van der Waals surface area contributed by atoms with E-state index in [-0.39, 0.29) is 5.97 Å². The molecule has 0 spiro atoms. The Balaban J connectivity index is 3.71. The maximum atomic E-state index is 10.8. The normalized spacial score (nSPS) is 14.1. The largest absolute Gasteiger partial charge is 0.466 e. The molecule has 2 nitrogen and oxygen atoms in total. The molecule has 0 saturated carbocycles. The lowest BCUT2D eigenvalue weighted by Gasteiger charge is -2.06. The first-order valence-corrected chi connectivity index (χ1v) is 6.68. The van der Waals surface area contributed by atoms with Crippen LogP contribution in [-0.4, -0.2) is 18.4 Å². The van der Waals surface area contributed by atoms with Gasteiger partial charge in [-0.1, -0.05) is 40.6 Å². The zero-order valence-electron chi connectivity index (χ0n) is 10.3. The SMILES string of the molecule is COC(=O)/C=C/CC(C)CC/C=C(\C)CBr. The Morgan fingerprint density at radius 2 is 2.19 bits per heavy atom. The van der Waals surface area contributed by atoms with E-state index in [4.69, 9.17) is 0 Å². The molecule has 1 atom stereocenters. The lowest BCUT2D eigenvalue weighted by molar-refractivity contribution is -0.134. The summed E-state index contributed by atoms with van der Waals surface area (Å²) in [6.45, 7) is 4.31. The van der Waals surface area contributed by atoms with Gasteiger partial charge in [-0.05, 0) is 32.1 Å². The van der Waals surface area contributed by atoms with Crippen LogP contribution in [0.4, 0.5) is 0 Å². The first-order chi connectivity index (χ1) is 7.60. The van der Waals surface area contributed by atoms with Gasteiger partial charge < -0.3 is 4.74 Å². The molecule has 16 heavy (non-hydrogen) atoms. The fourth-order valence-corrected chi connectivity index (χ4v) is 1.48. The highest BCUT2D eigenvalue weighted by Gasteiger charge is 1.99. The maximum Gasteiger partial charge on any atom is 0.330 e. The van der Waals surface area contributed by atoms with Gasteiger partial charge in [0.05, 0.1) is 7.11 Å². The number of carbonyl (C=O) groups excluding carboxylic acids is 1. The smallest absolute Gasteiger partial charge is 0.330 e. The van der Waals surface area contributed by atoms with E-state index in [9.17, 15) is 4.79 Å². The summed E-state index contributed by atoms with van der Waals surface area (Å²) in [6, 6.07) is 0. The van der Waals surface area contributed by atoms with E-state index in [2.05, 4.69) is 40.6 Å². The van der Waals surface area contributed by atoms with Crippen molar-refractivity contribution in [1.29, 1.82) is 0 Å². The molecule has 0 saturated heterocycles. The number of hydrogen-bond donors (Lipinski definition) is 0. The van der Waals surface area contributed by atoms with Crippen LogP contribution in [0.25, 0.3) is 0 Å². The van der Waals surface area contributed by atoms with Crippen molar-refractivity contribution in [1.82, 2.24) is 0 Å². The fourth-order valence-electron chi connectivity index (χ4n) is 1.25. The zero-order valence-corrected chi connectivity index (χ0v) is 11.9. The zero-order chi connectivity index (χ0) is 12.4. The van der Waals surface area contributed by atoms with Crippen LogP contribution in [0.1, 0.15) is 33.1 Å². The van der Waals surface area contributed by atoms with Gasteiger partial charge in [0.1, 0.15) is 0 Å². The van der Waals surface area contributed by atoms with E-state index in [0.717, 1.165) is 24.6 Å². The average molecular weight is 289 g/mol. The molecule has 0 aromatic carbocycles. The Hall–Kier alpha value is -0.570. The van der Waals surface area contributed by atoms with Crippen molar-refractivity contribution in [2.75, 3.05) is 12.4 Å². The molecule has 0 radical (unpaired) electrons. The minimum absolute atomic E-state index is 0.276. The van der Waals surface area contributed by atoms with Gasteiger partial charge in [-0.25, -0.2) is 4.79 Å². The van der Waals surface area contributed by atoms with Crippen LogP contribution in [0.3, 0.4) is 0 Å². The Kier molecular flexibility index (Phi) is 9.30. The third-order valence-corrected chi connectivity index (χ3v) is 3.24. The van der Waals surface area contributed by atoms with Crippen LogP contribution in [0.2, 0.25) is 0 Å². The van der Waals surface area contributed by atoms with Crippen LogP contribution in [-0.2, 0) is 9.53 Å². The van der Waals surface area contributed by atoms with Crippen molar-refractivity contribution < 1.29 is 9.53 Å². The van der Waals surface area contributed by atoms with Crippen molar-refractivity contribution in [2.24, 2.45) is 5.92 Å². The van der Waals surface area contributed by atoms with E-state index in [0.29, 0.717) is 5.92 Å². The number of esters is 1. The number of carbonyl (C=O) groups is 1. The third kappa shape index (κ3) is 8.72. The highest BCUT2D eigenvalue weighted by molar-refractivity contribution is 9.09. The summed E-state index contributed by atoms with van der Waals surface area (Å²) in [7, 11) is 1.39. The first kappa shape index (κ1) is 15.4. The van der Waals surface area contributed by atoms with Crippen LogP contribution in [0.15, 0.2) is 23.8 Å². The molecule has 0 amide bonds. The second-order valence-electron chi connectivity index (χ2n) is 4.03. The topological polar surface area (TPSA) is 26.3 Å². The molecular formula is C13H21BrO2. The minimum atomic E-state index is -0.276. The lowest BCUT2D eigenvalue weighted by atomic mass is 10.0. The van der Waals surface area contributed by atoms with E-state index in [1.54, 1.807) is 0 Å². The molecule has 0 rings (SSSR count). The number of allylic oxidation sites excluding steroid dienone is 3. The van der Waals surface area contributed by atoms with Crippen LogP contribution in [0, 0.1) is 5.92 Å². The summed E-state index contributed by atoms with van der Waals surface area (Å²) in [5.41, 5.74) is 1.37. The molecule has 0 aliphatic heterocycles. The summed E-state index contributed by atoms with van der Waals surface area (Å²) in [6.07, 6.45) is 8.82. The van der Waals surface area contributed by atoms with E-state index in [1.165, 1.54) is 18.8 Å². The molecule has 0 fully saturated rings. The van der Waals surface area contributed by atoms with Crippen LogP contribution < -0.4 is 0 Å². The Labute approximate surface area is 107 Å².